The van der Waals surface area contributed by atoms with Crippen LogP contribution in [0.5, 0.6) is 0 Å². The monoisotopic (exact) mass is 257 g/mol. The second-order valence-electron chi connectivity index (χ2n) is 4.46. The first-order valence-electron chi connectivity index (χ1n) is 5.47. The predicted octanol–water partition coefficient (Wildman–Crippen LogP) is 0.481. The number of carbonyl (C=O) groups excluding carboxylic acids is 1. The number of sulfone groups is 1. The molecule has 17 heavy (non-hydrogen) atoms. The molecule has 1 unspecified atom stereocenters. The van der Waals surface area contributed by atoms with Crippen molar-refractivity contribution in [3.05, 3.63) is 11.8 Å². The van der Waals surface area contributed by atoms with Gasteiger partial charge in [0.2, 0.25) is 5.91 Å². The number of anilines is 1. The van der Waals surface area contributed by atoms with Crippen LogP contribution in [0, 0.1) is 12.8 Å². The van der Waals surface area contributed by atoms with Gasteiger partial charge in [-0.25, -0.2) is 8.42 Å². The van der Waals surface area contributed by atoms with Crippen molar-refractivity contribution in [1.82, 2.24) is 10.2 Å². The summed E-state index contributed by atoms with van der Waals surface area (Å²) in [7, 11) is -2.91. The van der Waals surface area contributed by atoms with Crippen LogP contribution in [0.2, 0.25) is 0 Å². The molecule has 7 heteroatoms. The zero-order valence-electron chi connectivity index (χ0n) is 9.56. The van der Waals surface area contributed by atoms with Gasteiger partial charge in [-0.15, -0.1) is 0 Å². The van der Waals surface area contributed by atoms with Crippen LogP contribution >= 0.6 is 0 Å². The lowest BCUT2D eigenvalue weighted by Gasteiger charge is -2.06. The van der Waals surface area contributed by atoms with Crippen molar-refractivity contribution in [2.24, 2.45) is 5.92 Å². The van der Waals surface area contributed by atoms with Crippen molar-refractivity contribution in [3.8, 4) is 0 Å². The summed E-state index contributed by atoms with van der Waals surface area (Å²) < 4.78 is 22.5. The lowest BCUT2D eigenvalue weighted by molar-refractivity contribution is -0.116. The third kappa shape index (κ3) is 3.29. The van der Waals surface area contributed by atoms with Gasteiger partial charge in [-0.3, -0.25) is 9.89 Å². The quantitative estimate of drug-likeness (QED) is 0.824. The van der Waals surface area contributed by atoms with Crippen LogP contribution in [-0.2, 0) is 14.6 Å². The first-order chi connectivity index (χ1) is 7.94. The first kappa shape index (κ1) is 12.1. The van der Waals surface area contributed by atoms with Crippen molar-refractivity contribution in [2.45, 2.75) is 19.8 Å². The summed E-state index contributed by atoms with van der Waals surface area (Å²) in [6.45, 7) is 1.84. The van der Waals surface area contributed by atoms with E-state index in [1.807, 2.05) is 6.92 Å². The van der Waals surface area contributed by atoms with Gasteiger partial charge in [0, 0.05) is 18.2 Å². The average Bonchev–Trinajstić information content (AvgIpc) is 2.73. The number of hydrogen-bond acceptors (Lipinski definition) is 4. The van der Waals surface area contributed by atoms with Gasteiger partial charge in [0.05, 0.1) is 11.5 Å². The number of nitrogens with one attached hydrogen (secondary N) is 2. The highest BCUT2D eigenvalue weighted by Crippen LogP contribution is 2.21. The number of rotatable bonds is 3. The smallest absolute Gasteiger partial charge is 0.225 e. The van der Waals surface area contributed by atoms with Gasteiger partial charge >= 0.3 is 0 Å². The summed E-state index contributed by atoms with van der Waals surface area (Å²) >= 11 is 0. The molecular weight excluding hydrogens is 242 g/mol. The Morgan fingerprint density at radius 3 is 2.94 bits per heavy atom. The molecule has 1 atom stereocenters. The van der Waals surface area contributed by atoms with Crippen LogP contribution in [0.3, 0.4) is 0 Å². The molecule has 1 fully saturated rings. The Labute approximate surface area is 99.7 Å². The molecule has 1 aliphatic rings. The fourth-order valence-corrected chi connectivity index (χ4v) is 3.83. The molecule has 0 spiro atoms. The second-order valence-corrected chi connectivity index (χ2v) is 6.69. The number of H-pyrrole nitrogens is 1. The zero-order valence-corrected chi connectivity index (χ0v) is 10.4. The maximum absolute atomic E-state index is 11.6. The van der Waals surface area contributed by atoms with E-state index in [4.69, 9.17) is 0 Å². The molecule has 0 saturated carbocycles. The van der Waals surface area contributed by atoms with E-state index in [1.165, 1.54) is 0 Å². The van der Waals surface area contributed by atoms with Crippen LogP contribution < -0.4 is 5.32 Å². The maximum Gasteiger partial charge on any atom is 0.225 e. The number of nitrogens with zero attached hydrogens (tertiary/aromatic N) is 1. The van der Waals surface area contributed by atoms with Crippen LogP contribution in [-0.4, -0.2) is 36.0 Å². The number of hydrogen-bond donors (Lipinski definition) is 2. The maximum atomic E-state index is 11.6. The molecule has 0 bridgehead atoms. The topological polar surface area (TPSA) is 91.9 Å². The molecular formula is C10H15N3O3S. The largest absolute Gasteiger partial charge is 0.309 e. The summed E-state index contributed by atoms with van der Waals surface area (Å²) in [5.41, 5.74) is 0.865. The van der Waals surface area contributed by atoms with E-state index in [-0.39, 0.29) is 29.8 Å². The Morgan fingerprint density at radius 1 is 1.65 bits per heavy atom. The molecule has 1 aliphatic heterocycles. The zero-order chi connectivity index (χ0) is 12.5. The van der Waals surface area contributed by atoms with Gasteiger partial charge in [-0.1, -0.05) is 0 Å². The molecule has 1 saturated heterocycles. The Morgan fingerprint density at radius 2 is 2.41 bits per heavy atom. The fourth-order valence-electron chi connectivity index (χ4n) is 1.97. The van der Waals surface area contributed by atoms with Gasteiger partial charge in [-0.2, -0.15) is 5.10 Å². The summed E-state index contributed by atoms with van der Waals surface area (Å²) in [4.78, 5) is 11.6. The van der Waals surface area contributed by atoms with Crippen molar-refractivity contribution >= 4 is 21.6 Å². The predicted molar refractivity (Wildman–Crippen MR) is 63.3 cm³/mol. The molecule has 6 nitrogen and oxygen atoms in total. The van der Waals surface area contributed by atoms with Crippen LogP contribution in [0.1, 0.15) is 18.5 Å². The molecule has 1 aromatic heterocycles. The summed E-state index contributed by atoms with van der Waals surface area (Å²) in [5.74, 6) is 0.568. The number of aryl methyl sites for hydroxylation is 1. The molecule has 2 rings (SSSR count). The molecule has 0 aliphatic carbocycles. The van der Waals surface area contributed by atoms with Crippen LogP contribution in [0.15, 0.2) is 6.07 Å². The summed E-state index contributed by atoms with van der Waals surface area (Å²) in [5, 5.41) is 9.24. The molecule has 2 N–H and O–H groups in total. The Balaban J connectivity index is 1.86. The van der Waals surface area contributed by atoms with Crippen molar-refractivity contribution in [3.63, 3.8) is 0 Å². The molecule has 1 aromatic rings. The molecule has 2 heterocycles. The van der Waals surface area contributed by atoms with Crippen LogP contribution in [0.25, 0.3) is 0 Å². The average molecular weight is 257 g/mol. The normalized spacial score (nSPS) is 22.5. The van der Waals surface area contributed by atoms with Crippen molar-refractivity contribution in [1.29, 1.82) is 0 Å². The first-order valence-corrected chi connectivity index (χ1v) is 7.29. The highest BCUT2D eigenvalue weighted by Gasteiger charge is 2.29. The van der Waals surface area contributed by atoms with Gasteiger partial charge in [0.15, 0.2) is 15.7 Å². The SMILES string of the molecule is Cc1cc(NC(=O)CC2CCS(=O)(=O)C2)n[nH]1. The minimum Gasteiger partial charge on any atom is -0.309 e. The van der Waals surface area contributed by atoms with Crippen molar-refractivity contribution < 1.29 is 13.2 Å². The van der Waals surface area contributed by atoms with E-state index in [9.17, 15) is 13.2 Å². The van der Waals surface area contributed by atoms with E-state index in [2.05, 4.69) is 15.5 Å². The highest BCUT2D eigenvalue weighted by atomic mass is 32.2. The van der Waals surface area contributed by atoms with Gasteiger partial charge in [0.1, 0.15) is 0 Å². The standard InChI is InChI=1S/C10H15N3O3S/c1-7-4-9(13-12-7)11-10(14)5-8-2-3-17(15,16)6-8/h4,8H,2-3,5-6H2,1H3,(H2,11,12,13,14). The number of aromatic amines is 1. The number of amides is 1. The second kappa shape index (κ2) is 4.48. The lowest BCUT2D eigenvalue weighted by Crippen LogP contribution is -2.17. The van der Waals surface area contributed by atoms with Gasteiger partial charge < -0.3 is 5.32 Å². The van der Waals surface area contributed by atoms with Crippen LogP contribution in [0.4, 0.5) is 5.82 Å². The highest BCUT2D eigenvalue weighted by molar-refractivity contribution is 7.91. The Kier molecular flexibility index (Phi) is 3.19. The van der Waals surface area contributed by atoms with E-state index in [1.54, 1.807) is 6.07 Å². The van der Waals surface area contributed by atoms with Crippen molar-refractivity contribution in [2.75, 3.05) is 16.8 Å². The van der Waals surface area contributed by atoms with E-state index in [0.29, 0.717) is 12.2 Å². The van der Waals surface area contributed by atoms with E-state index >= 15 is 0 Å². The lowest BCUT2D eigenvalue weighted by atomic mass is 10.1. The van der Waals surface area contributed by atoms with Gasteiger partial charge in [-0.05, 0) is 19.3 Å². The van der Waals surface area contributed by atoms with E-state index in [0.717, 1.165) is 5.69 Å². The Bertz CT molecular complexity index is 521. The minimum absolute atomic E-state index is 0.0555. The van der Waals surface area contributed by atoms with Gasteiger partial charge in [0.25, 0.3) is 0 Å². The summed E-state index contributed by atoms with van der Waals surface area (Å²) in [6.07, 6.45) is 0.820. The number of carbonyl (C=O) groups is 1. The fraction of sp³-hybridized carbons (Fsp3) is 0.600. The number of aromatic nitrogens is 2. The molecule has 0 radical (unpaired) electrons. The van der Waals surface area contributed by atoms with E-state index < -0.39 is 9.84 Å². The molecule has 94 valence electrons. The third-order valence-electron chi connectivity index (χ3n) is 2.77. The molecule has 1 amide bonds. The third-order valence-corrected chi connectivity index (χ3v) is 4.61. The minimum atomic E-state index is -2.91. The summed E-state index contributed by atoms with van der Waals surface area (Å²) in [6, 6.07) is 1.73. The molecule has 0 aromatic carbocycles. The Hall–Kier alpha value is -1.37.